The van der Waals surface area contributed by atoms with Crippen LogP contribution in [-0.2, 0) is 0 Å². The van der Waals surface area contributed by atoms with Crippen molar-refractivity contribution in [1.82, 2.24) is 10.3 Å². The molecule has 1 saturated carbocycles. The van der Waals surface area contributed by atoms with Crippen LogP contribution in [0.2, 0.25) is 0 Å². The molecule has 3 rings (SSSR count). The molecule has 1 fully saturated rings. The highest BCUT2D eigenvalue weighted by Crippen LogP contribution is 2.24. The maximum atomic E-state index is 11.7. The number of aromatic amines is 1. The molecule has 0 amide bonds. The van der Waals surface area contributed by atoms with Gasteiger partial charge >= 0.3 is 0 Å². The second-order valence-corrected chi connectivity index (χ2v) is 6.26. The fourth-order valence-corrected chi connectivity index (χ4v) is 3.31. The molecule has 0 aliphatic heterocycles. The summed E-state index contributed by atoms with van der Waals surface area (Å²) < 4.78 is 0. The van der Waals surface area contributed by atoms with Crippen LogP contribution in [0, 0.1) is 0 Å². The minimum Gasteiger partial charge on any atom is -0.382 e. The number of rotatable bonds is 5. The van der Waals surface area contributed by atoms with Gasteiger partial charge < -0.3 is 15.6 Å². The van der Waals surface area contributed by atoms with Gasteiger partial charge in [0.05, 0.1) is 0 Å². The largest absolute Gasteiger partial charge is 0.382 e. The molecule has 0 bridgehead atoms. The Morgan fingerprint density at radius 2 is 1.91 bits per heavy atom. The summed E-state index contributed by atoms with van der Waals surface area (Å²) in [7, 11) is 0. The molecule has 1 aromatic heterocycles. The van der Waals surface area contributed by atoms with Gasteiger partial charge in [-0.15, -0.1) is 0 Å². The lowest BCUT2D eigenvalue weighted by Gasteiger charge is -2.30. The van der Waals surface area contributed by atoms with Crippen molar-refractivity contribution in [1.29, 1.82) is 0 Å². The molecule has 0 atom stereocenters. The Morgan fingerprint density at radius 3 is 2.68 bits per heavy atom. The molecule has 0 radical (unpaired) electrons. The number of hydrogen-bond donors (Lipinski definition) is 3. The Bertz CT molecular complexity index is 671. The van der Waals surface area contributed by atoms with Gasteiger partial charge in [0.15, 0.2) is 0 Å². The highest BCUT2D eigenvalue weighted by molar-refractivity contribution is 5.84. The molecule has 1 aliphatic rings. The summed E-state index contributed by atoms with van der Waals surface area (Å²) in [4.78, 5) is 14.4. The third-order valence-corrected chi connectivity index (χ3v) is 4.55. The summed E-state index contributed by atoms with van der Waals surface area (Å²) in [5, 5.41) is 8.99. The van der Waals surface area contributed by atoms with Gasteiger partial charge in [0, 0.05) is 29.4 Å². The van der Waals surface area contributed by atoms with Crippen molar-refractivity contribution in [3.05, 3.63) is 40.8 Å². The lowest BCUT2D eigenvalue weighted by Crippen LogP contribution is -2.37. The third kappa shape index (κ3) is 3.50. The van der Waals surface area contributed by atoms with E-state index >= 15 is 0 Å². The van der Waals surface area contributed by atoms with Gasteiger partial charge in [0.2, 0.25) is 0 Å². The molecule has 4 heteroatoms. The fraction of sp³-hybridized carbons (Fsp3) is 0.500. The van der Waals surface area contributed by atoms with Crippen molar-refractivity contribution in [2.24, 2.45) is 0 Å². The summed E-state index contributed by atoms with van der Waals surface area (Å²) >= 11 is 0. The van der Waals surface area contributed by atoms with Crippen LogP contribution in [0.1, 0.15) is 39.0 Å². The van der Waals surface area contributed by atoms with Crippen LogP contribution < -0.4 is 16.2 Å². The Hall–Kier alpha value is -1.81. The van der Waals surface area contributed by atoms with Gasteiger partial charge in [-0.3, -0.25) is 4.79 Å². The number of aromatic nitrogens is 1. The second-order valence-electron chi connectivity index (χ2n) is 6.26. The number of benzene rings is 1. The molecule has 118 valence electrons. The topological polar surface area (TPSA) is 56.9 Å². The van der Waals surface area contributed by atoms with Crippen LogP contribution in [0.4, 0.5) is 5.69 Å². The van der Waals surface area contributed by atoms with E-state index in [1.165, 1.54) is 32.1 Å². The molecule has 0 unspecified atom stereocenters. The SMILES string of the molecule is CCCNC1CCC(Nc2ccc3c(=O)[nH]ccc3c2)CC1. The van der Waals surface area contributed by atoms with Crippen molar-refractivity contribution < 1.29 is 0 Å². The zero-order valence-electron chi connectivity index (χ0n) is 13.2. The average Bonchev–Trinajstić information content (AvgIpc) is 2.54. The van der Waals surface area contributed by atoms with Gasteiger partial charge in [-0.1, -0.05) is 6.92 Å². The first-order valence-electron chi connectivity index (χ1n) is 8.37. The molecule has 1 aliphatic carbocycles. The summed E-state index contributed by atoms with van der Waals surface area (Å²) in [6.07, 6.45) is 7.80. The predicted molar refractivity (Wildman–Crippen MR) is 92.5 cm³/mol. The smallest absolute Gasteiger partial charge is 0.255 e. The highest BCUT2D eigenvalue weighted by atomic mass is 16.1. The van der Waals surface area contributed by atoms with Crippen LogP contribution in [0.25, 0.3) is 10.8 Å². The van der Waals surface area contributed by atoms with E-state index in [1.807, 2.05) is 18.2 Å². The average molecular weight is 299 g/mol. The quantitative estimate of drug-likeness (QED) is 0.794. The first-order chi connectivity index (χ1) is 10.8. The molecule has 1 heterocycles. The van der Waals surface area contributed by atoms with E-state index < -0.39 is 0 Å². The number of fused-ring (bicyclic) bond motifs is 1. The first-order valence-corrected chi connectivity index (χ1v) is 8.37. The minimum absolute atomic E-state index is 0.0217. The minimum atomic E-state index is -0.0217. The van der Waals surface area contributed by atoms with E-state index in [-0.39, 0.29) is 5.56 Å². The van der Waals surface area contributed by atoms with Crippen molar-refractivity contribution in [2.75, 3.05) is 11.9 Å². The number of pyridine rings is 1. The standard InChI is InChI=1S/C18H25N3O/c1-2-10-19-14-3-5-15(6-4-14)21-16-7-8-17-13(12-16)9-11-20-18(17)22/h7-9,11-12,14-15,19,21H,2-6,10H2,1H3,(H,20,22). The molecule has 0 saturated heterocycles. The van der Waals surface area contributed by atoms with Gasteiger partial charge in [0.25, 0.3) is 5.56 Å². The maximum Gasteiger partial charge on any atom is 0.255 e. The van der Waals surface area contributed by atoms with Gasteiger partial charge in [-0.05, 0) is 68.3 Å². The highest BCUT2D eigenvalue weighted by Gasteiger charge is 2.20. The molecule has 22 heavy (non-hydrogen) atoms. The molecule has 3 N–H and O–H groups in total. The third-order valence-electron chi connectivity index (χ3n) is 4.55. The summed E-state index contributed by atoms with van der Waals surface area (Å²) in [5.41, 5.74) is 1.09. The van der Waals surface area contributed by atoms with Gasteiger partial charge in [-0.25, -0.2) is 0 Å². The number of hydrogen-bond acceptors (Lipinski definition) is 3. The van der Waals surface area contributed by atoms with Crippen LogP contribution in [0.15, 0.2) is 35.3 Å². The summed E-state index contributed by atoms with van der Waals surface area (Å²) in [5.74, 6) is 0. The van der Waals surface area contributed by atoms with Crippen LogP contribution >= 0.6 is 0 Å². The maximum absolute atomic E-state index is 11.7. The van der Waals surface area contributed by atoms with Crippen LogP contribution in [-0.4, -0.2) is 23.6 Å². The van der Waals surface area contributed by atoms with E-state index in [0.717, 1.165) is 23.0 Å². The first kappa shape index (κ1) is 15.1. The van der Waals surface area contributed by atoms with Crippen molar-refractivity contribution in [3.63, 3.8) is 0 Å². The van der Waals surface area contributed by atoms with Crippen LogP contribution in [0.5, 0.6) is 0 Å². The number of nitrogens with one attached hydrogen (secondary N) is 3. The monoisotopic (exact) mass is 299 g/mol. The lowest BCUT2D eigenvalue weighted by molar-refractivity contribution is 0.355. The molecule has 2 aromatic rings. The Balaban J connectivity index is 1.61. The van der Waals surface area contributed by atoms with Crippen LogP contribution in [0.3, 0.4) is 0 Å². The van der Waals surface area contributed by atoms with E-state index in [1.54, 1.807) is 6.20 Å². The molecular formula is C18H25N3O. The van der Waals surface area contributed by atoms with Crippen molar-refractivity contribution in [2.45, 2.75) is 51.1 Å². The van der Waals surface area contributed by atoms with Gasteiger partial charge in [0.1, 0.15) is 0 Å². The Labute approximate surface area is 131 Å². The Morgan fingerprint density at radius 1 is 1.14 bits per heavy atom. The van der Waals surface area contributed by atoms with E-state index in [0.29, 0.717) is 12.1 Å². The lowest BCUT2D eigenvalue weighted by atomic mass is 9.91. The Kier molecular flexibility index (Phi) is 4.78. The predicted octanol–water partition coefficient (Wildman–Crippen LogP) is 3.25. The zero-order valence-corrected chi connectivity index (χ0v) is 13.2. The van der Waals surface area contributed by atoms with E-state index in [4.69, 9.17) is 0 Å². The van der Waals surface area contributed by atoms with Gasteiger partial charge in [-0.2, -0.15) is 0 Å². The van der Waals surface area contributed by atoms with Crippen molar-refractivity contribution >= 4 is 16.5 Å². The van der Waals surface area contributed by atoms with E-state index in [2.05, 4.69) is 28.6 Å². The second kappa shape index (κ2) is 6.97. The van der Waals surface area contributed by atoms with E-state index in [9.17, 15) is 4.79 Å². The fourth-order valence-electron chi connectivity index (χ4n) is 3.31. The molecular weight excluding hydrogens is 274 g/mol. The summed E-state index contributed by atoms with van der Waals surface area (Å²) in [6.45, 7) is 3.34. The molecule has 0 spiro atoms. The van der Waals surface area contributed by atoms with Crippen molar-refractivity contribution in [3.8, 4) is 0 Å². The normalized spacial score (nSPS) is 21.9. The number of H-pyrrole nitrogens is 1. The zero-order chi connectivity index (χ0) is 15.4. The molecule has 1 aromatic carbocycles. The molecule has 4 nitrogen and oxygen atoms in total. The number of anilines is 1. The summed E-state index contributed by atoms with van der Waals surface area (Å²) in [6, 6.07) is 9.18.